The molecule has 0 fully saturated rings. The van der Waals surface area contributed by atoms with Crippen molar-refractivity contribution in [2.24, 2.45) is 0 Å². The van der Waals surface area contributed by atoms with Crippen LogP contribution < -0.4 is 14.8 Å². The number of aryl methyl sites for hydroxylation is 2. The molecule has 1 aromatic carbocycles. The van der Waals surface area contributed by atoms with Crippen molar-refractivity contribution in [1.29, 1.82) is 0 Å². The minimum Gasteiger partial charge on any atom is -0.486 e. The van der Waals surface area contributed by atoms with Crippen LogP contribution >= 0.6 is 27.3 Å². The standard InChI is InChI=1S/C17H18BrNO3S/c1-3-4-11-7-16(23-10(11)2)17(20)19-13-9-15-14(8-12(13)18)21-5-6-22-15/h7-9H,3-6H2,1-2H3,(H,19,20). The van der Waals surface area contributed by atoms with Gasteiger partial charge < -0.3 is 14.8 Å². The molecular weight excluding hydrogens is 378 g/mol. The number of halogens is 1. The molecule has 1 aliphatic heterocycles. The van der Waals surface area contributed by atoms with Crippen molar-refractivity contribution < 1.29 is 14.3 Å². The average molecular weight is 396 g/mol. The Kier molecular flexibility index (Phi) is 4.92. The van der Waals surface area contributed by atoms with Crippen molar-refractivity contribution in [3.8, 4) is 11.5 Å². The van der Waals surface area contributed by atoms with Crippen molar-refractivity contribution in [1.82, 2.24) is 0 Å². The number of carbonyl (C=O) groups is 1. The number of thiophene rings is 1. The molecule has 2 aromatic rings. The molecule has 0 radical (unpaired) electrons. The van der Waals surface area contributed by atoms with Crippen LogP contribution in [0.15, 0.2) is 22.7 Å². The molecule has 1 N–H and O–H groups in total. The Bertz CT molecular complexity index is 742. The largest absolute Gasteiger partial charge is 0.486 e. The molecule has 2 heterocycles. The highest BCUT2D eigenvalue weighted by Gasteiger charge is 2.18. The molecule has 0 aliphatic carbocycles. The molecule has 1 aliphatic rings. The van der Waals surface area contributed by atoms with Crippen molar-refractivity contribution in [3.63, 3.8) is 0 Å². The van der Waals surface area contributed by atoms with Gasteiger partial charge in [0, 0.05) is 21.5 Å². The molecule has 1 aromatic heterocycles. The maximum absolute atomic E-state index is 12.5. The zero-order chi connectivity index (χ0) is 16.4. The fourth-order valence-electron chi connectivity index (χ4n) is 2.49. The van der Waals surface area contributed by atoms with Crippen molar-refractivity contribution >= 4 is 38.9 Å². The van der Waals surface area contributed by atoms with Crippen LogP contribution in [0, 0.1) is 6.92 Å². The molecule has 0 saturated carbocycles. The maximum atomic E-state index is 12.5. The molecule has 0 atom stereocenters. The minimum atomic E-state index is -0.0992. The monoisotopic (exact) mass is 395 g/mol. The summed E-state index contributed by atoms with van der Waals surface area (Å²) in [6, 6.07) is 5.61. The fourth-order valence-corrected chi connectivity index (χ4v) is 3.88. The third kappa shape index (κ3) is 3.53. The van der Waals surface area contributed by atoms with Crippen LogP contribution in [0.3, 0.4) is 0 Å². The first-order chi connectivity index (χ1) is 11.1. The molecule has 1 amide bonds. The van der Waals surface area contributed by atoms with Crippen LogP contribution in [0.4, 0.5) is 5.69 Å². The second-order valence-electron chi connectivity index (χ2n) is 5.37. The zero-order valence-corrected chi connectivity index (χ0v) is 15.5. The maximum Gasteiger partial charge on any atom is 0.265 e. The number of hydrogen-bond donors (Lipinski definition) is 1. The highest BCUT2D eigenvalue weighted by Crippen LogP contribution is 2.38. The van der Waals surface area contributed by atoms with E-state index in [1.54, 1.807) is 6.07 Å². The van der Waals surface area contributed by atoms with Crippen LogP contribution in [0.2, 0.25) is 0 Å². The lowest BCUT2D eigenvalue weighted by molar-refractivity contribution is 0.103. The third-order valence-corrected chi connectivity index (χ3v) is 5.39. The Labute approximate surface area is 147 Å². The summed E-state index contributed by atoms with van der Waals surface area (Å²) in [7, 11) is 0. The van der Waals surface area contributed by atoms with Gasteiger partial charge >= 0.3 is 0 Å². The highest BCUT2D eigenvalue weighted by atomic mass is 79.9. The molecule has 6 heteroatoms. The Balaban J connectivity index is 1.81. The van der Waals surface area contributed by atoms with E-state index in [-0.39, 0.29) is 5.91 Å². The Morgan fingerprint density at radius 1 is 1.26 bits per heavy atom. The summed E-state index contributed by atoms with van der Waals surface area (Å²) in [4.78, 5) is 14.4. The summed E-state index contributed by atoms with van der Waals surface area (Å²) < 4.78 is 11.9. The van der Waals surface area contributed by atoms with E-state index in [2.05, 4.69) is 35.1 Å². The van der Waals surface area contributed by atoms with E-state index in [1.807, 2.05) is 12.1 Å². The number of nitrogens with one attached hydrogen (secondary N) is 1. The molecule has 122 valence electrons. The van der Waals surface area contributed by atoms with Crippen LogP contribution in [0.25, 0.3) is 0 Å². The van der Waals surface area contributed by atoms with E-state index in [0.29, 0.717) is 30.4 Å². The Morgan fingerprint density at radius 2 is 1.96 bits per heavy atom. The Morgan fingerprint density at radius 3 is 2.65 bits per heavy atom. The predicted molar refractivity (Wildman–Crippen MR) is 96.1 cm³/mol. The second kappa shape index (κ2) is 6.93. The highest BCUT2D eigenvalue weighted by molar-refractivity contribution is 9.10. The lowest BCUT2D eigenvalue weighted by Gasteiger charge is -2.20. The molecule has 23 heavy (non-hydrogen) atoms. The van der Waals surface area contributed by atoms with E-state index < -0.39 is 0 Å². The molecule has 0 spiro atoms. The third-order valence-electron chi connectivity index (χ3n) is 3.64. The topological polar surface area (TPSA) is 47.6 Å². The van der Waals surface area contributed by atoms with Gasteiger partial charge in [-0.05, 0) is 40.9 Å². The van der Waals surface area contributed by atoms with Crippen LogP contribution in [-0.2, 0) is 6.42 Å². The smallest absolute Gasteiger partial charge is 0.265 e. The average Bonchev–Trinajstić information content (AvgIpc) is 2.90. The van der Waals surface area contributed by atoms with E-state index in [1.165, 1.54) is 21.8 Å². The van der Waals surface area contributed by atoms with Gasteiger partial charge in [-0.15, -0.1) is 11.3 Å². The quantitative estimate of drug-likeness (QED) is 0.808. The number of benzene rings is 1. The number of rotatable bonds is 4. The van der Waals surface area contributed by atoms with Gasteiger partial charge in [-0.3, -0.25) is 4.79 Å². The normalized spacial score (nSPS) is 13.0. The van der Waals surface area contributed by atoms with Gasteiger partial charge in [0.25, 0.3) is 5.91 Å². The molecule has 0 bridgehead atoms. The minimum absolute atomic E-state index is 0.0992. The lowest BCUT2D eigenvalue weighted by Crippen LogP contribution is -2.16. The van der Waals surface area contributed by atoms with Crippen LogP contribution in [-0.4, -0.2) is 19.1 Å². The number of carbonyl (C=O) groups excluding carboxylic acids is 1. The zero-order valence-electron chi connectivity index (χ0n) is 13.1. The SMILES string of the molecule is CCCc1cc(C(=O)Nc2cc3c(cc2Br)OCCO3)sc1C. The van der Waals surface area contributed by atoms with Gasteiger partial charge in [-0.25, -0.2) is 0 Å². The van der Waals surface area contributed by atoms with Crippen LogP contribution in [0.1, 0.15) is 33.5 Å². The van der Waals surface area contributed by atoms with E-state index in [9.17, 15) is 4.79 Å². The Hall–Kier alpha value is -1.53. The fraction of sp³-hybridized carbons (Fsp3) is 0.353. The van der Waals surface area contributed by atoms with Crippen molar-refractivity contribution in [2.75, 3.05) is 18.5 Å². The molecular formula is C17H18BrNO3S. The molecule has 3 rings (SSSR count). The number of hydrogen-bond acceptors (Lipinski definition) is 4. The molecule has 0 unspecified atom stereocenters. The number of amides is 1. The van der Waals surface area contributed by atoms with Gasteiger partial charge in [0.05, 0.1) is 10.6 Å². The number of ether oxygens (including phenoxy) is 2. The van der Waals surface area contributed by atoms with Gasteiger partial charge in [0.2, 0.25) is 0 Å². The first-order valence-electron chi connectivity index (χ1n) is 7.58. The first-order valence-corrected chi connectivity index (χ1v) is 9.19. The molecule has 4 nitrogen and oxygen atoms in total. The van der Waals surface area contributed by atoms with Gasteiger partial charge in [0.1, 0.15) is 13.2 Å². The second-order valence-corrected chi connectivity index (χ2v) is 7.48. The van der Waals surface area contributed by atoms with Crippen molar-refractivity contribution in [2.45, 2.75) is 26.7 Å². The van der Waals surface area contributed by atoms with E-state index >= 15 is 0 Å². The number of anilines is 1. The van der Waals surface area contributed by atoms with E-state index in [0.717, 1.165) is 22.2 Å². The number of fused-ring (bicyclic) bond motifs is 1. The summed E-state index contributed by atoms with van der Waals surface area (Å²) in [6.07, 6.45) is 2.08. The lowest BCUT2D eigenvalue weighted by atomic mass is 10.1. The molecule has 0 saturated heterocycles. The predicted octanol–water partition coefficient (Wildman–Crippen LogP) is 4.80. The summed E-state index contributed by atoms with van der Waals surface area (Å²) in [5.41, 5.74) is 1.94. The summed E-state index contributed by atoms with van der Waals surface area (Å²) in [6.45, 7) is 5.27. The summed E-state index contributed by atoms with van der Waals surface area (Å²) in [5.74, 6) is 1.25. The van der Waals surface area contributed by atoms with Gasteiger partial charge in [-0.1, -0.05) is 13.3 Å². The first kappa shape index (κ1) is 16.3. The van der Waals surface area contributed by atoms with Crippen molar-refractivity contribution in [3.05, 3.63) is 38.0 Å². The van der Waals surface area contributed by atoms with E-state index in [4.69, 9.17) is 9.47 Å². The summed E-state index contributed by atoms with van der Waals surface area (Å²) in [5, 5.41) is 2.95. The van der Waals surface area contributed by atoms with Gasteiger partial charge in [-0.2, -0.15) is 0 Å². The van der Waals surface area contributed by atoms with Crippen LogP contribution in [0.5, 0.6) is 11.5 Å². The summed E-state index contributed by atoms with van der Waals surface area (Å²) >= 11 is 5.01. The van der Waals surface area contributed by atoms with Gasteiger partial charge in [0.15, 0.2) is 11.5 Å².